The molecular weight excluding hydrogens is 232 g/mol. The quantitative estimate of drug-likeness (QED) is 0.901. The van der Waals surface area contributed by atoms with Crippen LogP contribution in [0.15, 0.2) is 53.3 Å². The van der Waals surface area contributed by atoms with Crippen molar-refractivity contribution in [2.75, 3.05) is 7.11 Å². The van der Waals surface area contributed by atoms with Crippen molar-refractivity contribution in [1.82, 2.24) is 0 Å². The maximum atomic E-state index is 11.2. The Morgan fingerprint density at radius 3 is 1.94 bits per heavy atom. The lowest BCUT2D eigenvalue weighted by Crippen LogP contribution is -1.91. The molecule has 0 fully saturated rings. The molecule has 0 aliphatic rings. The van der Waals surface area contributed by atoms with E-state index in [-0.39, 0.29) is 5.75 Å². The van der Waals surface area contributed by atoms with E-state index in [1.54, 1.807) is 31.4 Å². The molecular formula is C14H12O4. The first-order chi connectivity index (χ1) is 8.69. The predicted molar refractivity (Wildman–Crippen MR) is 67.4 cm³/mol. The summed E-state index contributed by atoms with van der Waals surface area (Å²) in [5, 5.41) is 9.25. The minimum Gasteiger partial charge on any atom is -0.504 e. The van der Waals surface area contributed by atoms with Crippen LogP contribution in [-0.2, 0) is 0 Å². The van der Waals surface area contributed by atoms with Crippen molar-refractivity contribution in [2.45, 2.75) is 0 Å². The maximum Gasteiger partial charge on any atom is 0.220 e. The van der Waals surface area contributed by atoms with Crippen LogP contribution in [0.2, 0.25) is 0 Å². The van der Waals surface area contributed by atoms with Gasteiger partial charge in [0.15, 0.2) is 5.75 Å². The Kier molecular flexibility index (Phi) is 3.48. The SMILES string of the molecule is COc1ccc(Oc2ccc(O)c(=O)cc2)cc1. The van der Waals surface area contributed by atoms with Crippen LogP contribution in [0.3, 0.4) is 0 Å². The third-order valence-electron chi connectivity index (χ3n) is 2.35. The van der Waals surface area contributed by atoms with Crippen molar-refractivity contribution in [3.05, 3.63) is 58.8 Å². The molecule has 1 N–H and O–H groups in total. The number of methoxy groups -OCH3 is 1. The Balaban J connectivity index is 2.23. The fourth-order valence-electron chi connectivity index (χ4n) is 1.39. The first-order valence-electron chi connectivity index (χ1n) is 5.34. The van der Waals surface area contributed by atoms with Crippen molar-refractivity contribution in [1.29, 1.82) is 0 Å². The molecule has 0 spiro atoms. The van der Waals surface area contributed by atoms with Crippen LogP contribution in [0.4, 0.5) is 0 Å². The summed E-state index contributed by atoms with van der Waals surface area (Å²) in [4.78, 5) is 11.2. The summed E-state index contributed by atoms with van der Waals surface area (Å²) in [6.45, 7) is 0. The standard InChI is InChI=1S/C14H12O4/c1-17-10-2-4-11(5-3-10)18-12-6-8-13(15)14(16)9-7-12/h2-9H,1H3,(H,15,16). The van der Waals surface area contributed by atoms with Gasteiger partial charge in [-0.15, -0.1) is 0 Å². The van der Waals surface area contributed by atoms with Crippen LogP contribution >= 0.6 is 0 Å². The Hall–Kier alpha value is -2.49. The van der Waals surface area contributed by atoms with Gasteiger partial charge in [0, 0.05) is 0 Å². The van der Waals surface area contributed by atoms with Gasteiger partial charge in [-0.05, 0) is 48.5 Å². The first kappa shape index (κ1) is 12.0. The summed E-state index contributed by atoms with van der Waals surface area (Å²) in [7, 11) is 1.59. The van der Waals surface area contributed by atoms with E-state index in [4.69, 9.17) is 9.47 Å². The van der Waals surface area contributed by atoms with Gasteiger partial charge in [-0.2, -0.15) is 0 Å². The van der Waals surface area contributed by atoms with Crippen molar-refractivity contribution < 1.29 is 14.6 Å². The fraction of sp³-hybridized carbons (Fsp3) is 0.0714. The normalized spacial score (nSPS) is 9.83. The molecule has 0 radical (unpaired) electrons. The largest absolute Gasteiger partial charge is 0.504 e. The molecule has 2 aromatic carbocycles. The molecule has 2 aromatic rings. The average molecular weight is 244 g/mol. The summed E-state index contributed by atoms with van der Waals surface area (Å²) in [6.07, 6.45) is 0. The highest BCUT2D eigenvalue weighted by Crippen LogP contribution is 2.23. The molecule has 0 heterocycles. The van der Waals surface area contributed by atoms with Crippen LogP contribution in [0.5, 0.6) is 23.0 Å². The summed E-state index contributed by atoms with van der Waals surface area (Å²) in [6, 6.07) is 12.7. The van der Waals surface area contributed by atoms with Crippen molar-refractivity contribution in [3.8, 4) is 23.0 Å². The third kappa shape index (κ3) is 2.79. The predicted octanol–water partition coefficient (Wildman–Crippen LogP) is 2.55. The van der Waals surface area contributed by atoms with Gasteiger partial charge < -0.3 is 14.6 Å². The van der Waals surface area contributed by atoms with Gasteiger partial charge in [0.05, 0.1) is 7.11 Å². The van der Waals surface area contributed by atoms with Gasteiger partial charge >= 0.3 is 0 Å². The van der Waals surface area contributed by atoms with E-state index < -0.39 is 5.43 Å². The number of ether oxygens (including phenoxy) is 2. The molecule has 0 saturated heterocycles. The zero-order chi connectivity index (χ0) is 13.0. The fourth-order valence-corrected chi connectivity index (χ4v) is 1.39. The van der Waals surface area contributed by atoms with Gasteiger partial charge in [-0.25, -0.2) is 0 Å². The monoisotopic (exact) mass is 244 g/mol. The number of aromatic hydroxyl groups is 1. The molecule has 92 valence electrons. The lowest BCUT2D eigenvalue weighted by atomic mass is 10.3. The minimum absolute atomic E-state index is 0.306. The molecule has 0 unspecified atom stereocenters. The number of rotatable bonds is 3. The zero-order valence-corrected chi connectivity index (χ0v) is 9.79. The van der Waals surface area contributed by atoms with E-state index in [0.717, 1.165) is 5.75 Å². The molecule has 0 saturated carbocycles. The van der Waals surface area contributed by atoms with Gasteiger partial charge in [0.25, 0.3) is 0 Å². The minimum atomic E-state index is -0.445. The molecule has 0 amide bonds. The van der Waals surface area contributed by atoms with Gasteiger partial charge in [0.1, 0.15) is 17.2 Å². The van der Waals surface area contributed by atoms with Crippen LogP contribution < -0.4 is 14.9 Å². The number of benzene rings is 1. The van der Waals surface area contributed by atoms with Crippen LogP contribution in [0.25, 0.3) is 0 Å². The van der Waals surface area contributed by atoms with E-state index in [1.165, 1.54) is 24.3 Å². The Morgan fingerprint density at radius 2 is 1.33 bits per heavy atom. The second kappa shape index (κ2) is 5.23. The summed E-state index contributed by atoms with van der Waals surface area (Å²) in [5.41, 5.74) is -0.445. The lowest BCUT2D eigenvalue weighted by Gasteiger charge is -2.04. The molecule has 2 rings (SSSR count). The third-order valence-corrected chi connectivity index (χ3v) is 2.35. The Bertz CT molecular complexity index is 590. The topological polar surface area (TPSA) is 55.8 Å². The van der Waals surface area contributed by atoms with Gasteiger partial charge in [-0.1, -0.05) is 0 Å². The second-order valence-corrected chi connectivity index (χ2v) is 3.60. The molecule has 4 heteroatoms. The smallest absolute Gasteiger partial charge is 0.220 e. The van der Waals surface area contributed by atoms with Crippen molar-refractivity contribution in [2.24, 2.45) is 0 Å². The van der Waals surface area contributed by atoms with Crippen molar-refractivity contribution >= 4 is 0 Å². The van der Waals surface area contributed by atoms with Crippen LogP contribution in [-0.4, -0.2) is 12.2 Å². The van der Waals surface area contributed by atoms with E-state index in [0.29, 0.717) is 11.5 Å². The highest BCUT2D eigenvalue weighted by molar-refractivity contribution is 5.36. The van der Waals surface area contributed by atoms with E-state index in [9.17, 15) is 9.90 Å². The molecule has 0 bridgehead atoms. The summed E-state index contributed by atoms with van der Waals surface area (Å²) in [5.74, 6) is 1.52. The number of hydrogen-bond acceptors (Lipinski definition) is 4. The van der Waals surface area contributed by atoms with Crippen molar-refractivity contribution in [3.63, 3.8) is 0 Å². The Labute approximate surface area is 104 Å². The van der Waals surface area contributed by atoms with E-state index in [1.807, 2.05) is 0 Å². The molecule has 0 atom stereocenters. The highest BCUT2D eigenvalue weighted by Gasteiger charge is 1.99. The number of hydrogen-bond donors (Lipinski definition) is 1. The molecule has 0 aliphatic heterocycles. The maximum absolute atomic E-state index is 11.2. The molecule has 4 nitrogen and oxygen atoms in total. The van der Waals surface area contributed by atoms with E-state index in [2.05, 4.69) is 0 Å². The average Bonchev–Trinajstić information content (AvgIpc) is 2.55. The Morgan fingerprint density at radius 1 is 0.833 bits per heavy atom. The lowest BCUT2D eigenvalue weighted by molar-refractivity contribution is 0.413. The second-order valence-electron chi connectivity index (χ2n) is 3.60. The van der Waals surface area contributed by atoms with Crippen LogP contribution in [0, 0.1) is 0 Å². The van der Waals surface area contributed by atoms with Crippen LogP contribution in [0.1, 0.15) is 0 Å². The zero-order valence-electron chi connectivity index (χ0n) is 9.79. The molecule has 0 aromatic heterocycles. The van der Waals surface area contributed by atoms with Gasteiger partial charge in [0.2, 0.25) is 5.43 Å². The van der Waals surface area contributed by atoms with E-state index >= 15 is 0 Å². The van der Waals surface area contributed by atoms with Gasteiger partial charge in [-0.3, -0.25) is 4.79 Å². The first-order valence-corrected chi connectivity index (χ1v) is 5.34. The molecule has 18 heavy (non-hydrogen) atoms. The highest BCUT2D eigenvalue weighted by atomic mass is 16.5. The molecule has 0 aliphatic carbocycles. The summed E-state index contributed by atoms with van der Waals surface area (Å²) < 4.78 is 10.6. The summed E-state index contributed by atoms with van der Waals surface area (Å²) >= 11 is 0.